The predicted molar refractivity (Wildman–Crippen MR) is 106 cm³/mol. The van der Waals surface area contributed by atoms with Crippen LogP contribution >= 0.6 is 0 Å². The molecule has 0 saturated carbocycles. The van der Waals surface area contributed by atoms with E-state index in [-0.39, 0.29) is 0 Å². The predicted octanol–water partition coefficient (Wildman–Crippen LogP) is 4.08. The average molecular weight is 332 g/mol. The average Bonchev–Trinajstić information content (AvgIpc) is 2.95. The molecule has 2 aromatic heterocycles. The van der Waals surface area contributed by atoms with Gasteiger partial charge in [0.15, 0.2) is 0 Å². The molecule has 25 heavy (non-hydrogen) atoms. The van der Waals surface area contributed by atoms with Crippen molar-refractivity contribution in [3.8, 4) is 0 Å². The minimum atomic E-state index is 1.01. The van der Waals surface area contributed by atoms with Gasteiger partial charge in [-0.25, -0.2) is 0 Å². The number of hydrogen-bond acceptors (Lipinski definition) is 3. The van der Waals surface area contributed by atoms with Crippen LogP contribution in [0.5, 0.6) is 0 Å². The number of nitrogens with one attached hydrogen (secondary N) is 1. The molecule has 4 heteroatoms. The van der Waals surface area contributed by atoms with Crippen molar-refractivity contribution in [3.05, 3.63) is 59.5 Å². The van der Waals surface area contributed by atoms with Crippen molar-refractivity contribution >= 4 is 28.4 Å². The Balaban J connectivity index is 1.91. The fourth-order valence-electron chi connectivity index (χ4n) is 3.71. The minimum Gasteiger partial charge on any atom is -0.388 e. The largest absolute Gasteiger partial charge is 0.388 e. The summed E-state index contributed by atoms with van der Waals surface area (Å²) in [6.45, 7) is 4.28. The van der Waals surface area contributed by atoms with Crippen LogP contribution in [0, 0.1) is 0 Å². The van der Waals surface area contributed by atoms with E-state index in [1.165, 1.54) is 33.3 Å². The van der Waals surface area contributed by atoms with Gasteiger partial charge in [0.25, 0.3) is 0 Å². The highest BCUT2D eigenvalue weighted by Gasteiger charge is 2.22. The zero-order valence-electron chi connectivity index (χ0n) is 15.1. The summed E-state index contributed by atoms with van der Waals surface area (Å²) in [5.41, 5.74) is 7.81. The van der Waals surface area contributed by atoms with Crippen LogP contribution in [0.1, 0.15) is 23.7 Å². The van der Waals surface area contributed by atoms with E-state index < -0.39 is 0 Å². The van der Waals surface area contributed by atoms with Gasteiger partial charge >= 0.3 is 0 Å². The molecule has 3 heterocycles. The summed E-state index contributed by atoms with van der Waals surface area (Å²) in [5, 5.41) is 4.62. The van der Waals surface area contributed by atoms with E-state index in [1.54, 1.807) is 0 Å². The molecular weight excluding hydrogens is 308 g/mol. The van der Waals surface area contributed by atoms with Crippen LogP contribution in [0.4, 0.5) is 5.69 Å². The van der Waals surface area contributed by atoms with Crippen molar-refractivity contribution in [2.24, 2.45) is 0 Å². The fraction of sp³-hybridized carbons (Fsp3) is 0.286. The molecular formula is C21H24N4. The van der Waals surface area contributed by atoms with Crippen molar-refractivity contribution in [1.82, 2.24) is 14.5 Å². The fourth-order valence-corrected chi connectivity index (χ4v) is 3.71. The van der Waals surface area contributed by atoms with Gasteiger partial charge in [0.2, 0.25) is 0 Å². The molecule has 1 aliphatic rings. The Labute approximate surface area is 148 Å². The quantitative estimate of drug-likeness (QED) is 0.784. The number of anilines is 1. The Morgan fingerprint density at radius 3 is 2.76 bits per heavy atom. The van der Waals surface area contributed by atoms with Crippen LogP contribution in [0.25, 0.3) is 22.7 Å². The van der Waals surface area contributed by atoms with Gasteiger partial charge in [-0.15, -0.1) is 0 Å². The Kier molecular flexibility index (Phi) is 4.06. The van der Waals surface area contributed by atoms with Crippen molar-refractivity contribution in [2.75, 3.05) is 26.0 Å². The van der Waals surface area contributed by atoms with Crippen molar-refractivity contribution in [1.29, 1.82) is 0 Å². The molecule has 4 nitrogen and oxygen atoms in total. The molecule has 0 fully saturated rings. The monoisotopic (exact) mass is 332 g/mol. The zero-order valence-corrected chi connectivity index (χ0v) is 15.1. The molecule has 128 valence electrons. The lowest BCUT2D eigenvalue weighted by molar-refractivity contribution is 0.312. The van der Waals surface area contributed by atoms with Gasteiger partial charge in [0.05, 0.1) is 5.52 Å². The van der Waals surface area contributed by atoms with E-state index in [2.05, 4.69) is 70.3 Å². The van der Waals surface area contributed by atoms with Gasteiger partial charge in [0.1, 0.15) is 0 Å². The van der Waals surface area contributed by atoms with E-state index in [0.717, 1.165) is 25.2 Å². The maximum atomic E-state index is 4.13. The number of aromatic nitrogens is 2. The molecule has 4 rings (SSSR count). The van der Waals surface area contributed by atoms with E-state index in [4.69, 9.17) is 0 Å². The SMILES string of the molecule is CNc1ccc2c(c1)c1c(n2C=C(C)c2ccncc2)CCN(C)C1. The van der Waals surface area contributed by atoms with Crippen LogP contribution in [0.15, 0.2) is 42.7 Å². The number of likely N-dealkylation sites (N-methyl/N-ethyl adjacent to an activating group) is 1. The molecule has 3 aromatic rings. The lowest BCUT2D eigenvalue weighted by Crippen LogP contribution is -2.26. The molecule has 0 spiro atoms. The van der Waals surface area contributed by atoms with E-state index in [0.29, 0.717) is 0 Å². The Morgan fingerprint density at radius 1 is 1.20 bits per heavy atom. The summed E-state index contributed by atoms with van der Waals surface area (Å²) in [7, 11) is 4.18. The number of benzene rings is 1. The lowest BCUT2D eigenvalue weighted by Gasteiger charge is -2.23. The van der Waals surface area contributed by atoms with Gasteiger partial charge in [0, 0.05) is 61.9 Å². The molecule has 1 aliphatic heterocycles. The maximum Gasteiger partial charge on any atom is 0.0530 e. The lowest BCUT2D eigenvalue weighted by atomic mass is 10.0. The molecule has 0 atom stereocenters. The molecule has 1 N–H and O–H groups in total. The number of hydrogen-bond donors (Lipinski definition) is 1. The molecule has 0 unspecified atom stereocenters. The highest BCUT2D eigenvalue weighted by Crippen LogP contribution is 2.33. The van der Waals surface area contributed by atoms with Crippen LogP contribution in [0.2, 0.25) is 0 Å². The molecule has 0 aliphatic carbocycles. The summed E-state index contributed by atoms with van der Waals surface area (Å²) in [6, 6.07) is 10.8. The highest BCUT2D eigenvalue weighted by molar-refractivity contribution is 5.92. The first-order valence-corrected chi connectivity index (χ1v) is 8.78. The standard InChI is InChI=1S/C21H24N4/c1-15(16-6-9-23-10-7-16)13-25-20-5-4-17(22-2)12-18(20)19-14-24(3)11-8-21(19)25/h4-7,9-10,12-13,22H,8,11,14H2,1-3H3. The normalized spacial score (nSPS) is 15.4. The molecule has 0 saturated heterocycles. The second-order valence-electron chi connectivity index (χ2n) is 6.81. The van der Waals surface area contributed by atoms with Gasteiger partial charge in [-0.3, -0.25) is 4.98 Å². The zero-order chi connectivity index (χ0) is 17.4. The number of nitrogens with zero attached hydrogens (tertiary/aromatic N) is 3. The third-order valence-corrected chi connectivity index (χ3v) is 5.13. The Morgan fingerprint density at radius 2 is 2.00 bits per heavy atom. The highest BCUT2D eigenvalue weighted by atomic mass is 15.1. The maximum absolute atomic E-state index is 4.13. The van der Waals surface area contributed by atoms with Crippen molar-refractivity contribution in [3.63, 3.8) is 0 Å². The summed E-state index contributed by atoms with van der Waals surface area (Å²) in [5.74, 6) is 0. The van der Waals surface area contributed by atoms with Crippen LogP contribution in [-0.4, -0.2) is 35.1 Å². The number of fused-ring (bicyclic) bond motifs is 3. The van der Waals surface area contributed by atoms with Crippen LogP contribution in [-0.2, 0) is 13.0 Å². The Bertz CT molecular complexity index is 937. The minimum absolute atomic E-state index is 1.01. The third-order valence-electron chi connectivity index (χ3n) is 5.13. The van der Waals surface area contributed by atoms with Crippen molar-refractivity contribution in [2.45, 2.75) is 19.9 Å². The topological polar surface area (TPSA) is 33.1 Å². The first-order chi connectivity index (χ1) is 12.2. The van der Waals surface area contributed by atoms with Crippen molar-refractivity contribution < 1.29 is 0 Å². The van der Waals surface area contributed by atoms with E-state index in [1.807, 2.05) is 19.4 Å². The first kappa shape index (κ1) is 15.9. The second kappa shape index (κ2) is 6.37. The summed E-state index contributed by atoms with van der Waals surface area (Å²) < 4.78 is 2.40. The first-order valence-electron chi connectivity index (χ1n) is 8.78. The summed E-state index contributed by atoms with van der Waals surface area (Å²) in [4.78, 5) is 6.53. The molecule has 0 amide bonds. The van der Waals surface area contributed by atoms with E-state index in [9.17, 15) is 0 Å². The van der Waals surface area contributed by atoms with Gasteiger partial charge in [-0.2, -0.15) is 0 Å². The number of pyridine rings is 1. The summed E-state index contributed by atoms with van der Waals surface area (Å²) in [6.07, 6.45) is 7.06. The number of rotatable bonds is 3. The number of allylic oxidation sites excluding steroid dienone is 1. The van der Waals surface area contributed by atoms with Gasteiger partial charge < -0.3 is 14.8 Å². The summed E-state index contributed by atoms with van der Waals surface area (Å²) >= 11 is 0. The van der Waals surface area contributed by atoms with Crippen LogP contribution in [0.3, 0.4) is 0 Å². The van der Waals surface area contributed by atoms with E-state index >= 15 is 0 Å². The molecule has 0 radical (unpaired) electrons. The smallest absolute Gasteiger partial charge is 0.0530 e. The second-order valence-corrected chi connectivity index (χ2v) is 6.81. The van der Waals surface area contributed by atoms with Gasteiger partial charge in [-0.1, -0.05) is 0 Å². The van der Waals surface area contributed by atoms with Gasteiger partial charge in [-0.05, 0) is 61.0 Å². The van der Waals surface area contributed by atoms with Crippen LogP contribution < -0.4 is 5.32 Å². The molecule has 1 aromatic carbocycles. The Hall–Kier alpha value is -2.59. The molecule has 0 bridgehead atoms. The third kappa shape index (κ3) is 2.83.